The highest BCUT2D eigenvalue weighted by atomic mass is 16.1. The van der Waals surface area contributed by atoms with Gasteiger partial charge in [0.1, 0.15) is 0 Å². The molecule has 64 valence electrons. The molecule has 0 aromatic carbocycles. The van der Waals surface area contributed by atoms with Gasteiger partial charge in [0.15, 0.2) is 0 Å². The van der Waals surface area contributed by atoms with Gasteiger partial charge in [0.2, 0.25) is 5.91 Å². The van der Waals surface area contributed by atoms with E-state index < -0.39 is 0 Å². The Bertz CT molecular complexity index is 132. The van der Waals surface area contributed by atoms with Gasteiger partial charge in [-0.3, -0.25) is 4.79 Å². The summed E-state index contributed by atoms with van der Waals surface area (Å²) >= 11 is 0. The third-order valence-electron chi connectivity index (χ3n) is 1.90. The molecule has 0 radical (unpaired) electrons. The molecule has 3 heteroatoms. The smallest absolute Gasteiger partial charge is 0.220 e. The number of unbranched alkanes of at least 4 members (excludes halogenated alkanes) is 1. The lowest BCUT2D eigenvalue weighted by Gasteiger charge is -2.27. The molecule has 1 heterocycles. The maximum Gasteiger partial charge on any atom is 0.220 e. The van der Waals surface area contributed by atoms with Gasteiger partial charge in [0, 0.05) is 19.5 Å². The molecular formula is C8H16N2O. The molecule has 0 aromatic heterocycles. The van der Waals surface area contributed by atoms with Crippen LogP contribution in [-0.2, 0) is 4.79 Å². The van der Waals surface area contributed by atoms with Crippen molar-refractivity contribution in [2.24, 2.45) is 0 Å². The second kappa shape index (κ2) is 4.34. The van der Waals surface area contributed by atoms with Crippen LogP contribution in [0.5, 0.6) is 0 Å². The highest BCUT2D eigenvalue weighted by Gasteiger charge is 2.17. The van der Waals surface area contributed by atoms with Gasteiger partial charge in [-0.15, -0.1) is 0 Å². The zero-order chi connectivity index (χ0) is 8.10. The van der Waals surface area contributed by atoms with Crippen LogP contribution in [0, 0.1) is 0 Å². The van der Waals surface area contributed by atoms with Gasteiger partial charge < -0.3 is 10.6 Å². The van der Waals surface area contributed by atoms with Gasteiger partial charge in [-0.05, 0) is 6.42 Å². The van der Waals surface area contributed by atoms with E-state index in [4.69, 9.17) is 0 Å². The van der Waals surface area contributed by atoms with E-state index in [9.17, 15) is 4.79 Å². The van der Waals surface area contributed by atoms with E-state index in [1.54, 1.807) is 0 Å². The standard InChI is InChI=1S/C8H16N2O/c1-2-3-4-8(11)10-7-5-9-6-7/h7,9H,2-6H2,1H3,(H,10,11). The molecule has 1 amide bonds. The fourth-order valence-electron chi connectivity index (χ4n) is 1.03. The molecule has 0 bridgehead atoms. The summed E-state index contributed by atoms with van der Waals surface area (Å²) in [6, 6.07) is 0.402. The Morgan fingerprint density at radius 2 is 2.36 bits per heavy atom. The van der Waals surface area contributed by atoms with Crippen molar-refractivity contribution in [2.75, 3.05) is 13.1 Å². The molecule has 0 aliphatic carbocycles. The van der Waals surface area contributed by atoms with Crippen molar-refractivity contribution < 1.29 is 4.79 Å². The van der Waals surface area contributed by atoms with Crippen molar-refractivity contribution in [3.05, 3.63) is 0 Å². The molecule has 1 rings (SSSR count). The summed E-state index contributed by atoms with van der Waals surface area (Å²) in [5, 5.41) is 6.06. The van der Waals surface area contributed by atoms with Crippen LogP contribution in [-0.4, -0.2) is 25.0 Å². The van der Waals surface area contributed by atoms with Crippen LogP contribution in [0.4, 0.5) is 0 Å². The average Bonchev–Trinajstić information content (AvgIpc) is 1.93. The van der Waals surface area contributed by atoms with Crippen molar-refractivity contribution in [2.45, 2.75) is 32.2 Å². The van der Waals surface area contributed by atoms with Gasteiger partial charge in [-0.1, -0.05) is 13.3 Å². The Labute approximate surface area is 67.5 Å². The lowest BCUT2D eigenvalue weighted by Crippen LogP contribution is -2.56. The van der Waals surface area contributed by atoms with E-state index in [1.807, 2.05) is 0 Å². The van der Waals surface area contributed by atoms with Crippen LogP contribution >= 0.6 is 0 Å². The van der Waals surface area contributed by atoms with E-state index in [-0.39, 0.29) is 5.91 Å². The molecule has 1 fully saturated rings. The zero-order valence-corrected chi connectivity index (χ0v) is 7.02. The molecule has 2 N–H and O–H groups in total. The first-order chi connectivity index (χ1) is 5.33. The number of carbonyl (C=O) groups is 1. The minimum absolute atomic E-state index is 0.207. The second-order valence-corrected chi connectivity index (χ2v) is 3.03. The van der Waals surface area contributed by atoms with Crippen molar-refractivity contribution in [3.8, 4) is 0 Å². The number of rotatable bonds is 4. The highest BCUT2D eigenvalue weighted by Crippen LogP contribution is 1.96. The fourth-order valence-corrected chi connectivity index (χ4v) is 1.03. The SMILES string of the molecule is CCCCC(=O)NC1CNC1. The van der Waals surface area contributed by atoms with Gasteiger partial charge in [0.25, 0.3) is 0 Å². The summed E-state index contributed by atoms with van der Waals surface area (Å²) in [5.41, 5.74) is 0. The monoisotopic (exact) mass is 156 g/mol. The number of amides is 1. The number of hydrogen-bond donors (Lipinski definition) is 2. The molecule has 0 spiro atoms. The minimum atomic E-state index is 0.207. The summed E-state index contributed by atoms with van der Waals surface area (Å²) in [4.78, 5) is 11.1. The minimum Gasteiger partial charge on any atom is -0.351 e. The Hall–Kier alpha value is -0.570. The van der Waals surface area contributed by atoms with Gasteiger partial charge >= 0.3 is 0 Å². The Kier molecular flexibility index (Phi) is 3.36. The molecule has 0 unspecified atom stereocenters. The van der Waals surface area contributed by atoms with Crippen molar-refractivity contribution >= 4 is 5.91 Å². The highest BCUT2D eigenvalue weighted by molar-refractivity contribution is 5.76. The van der Waals surface area contributed by atoms with Crippen LogP contribution < -0.4 is 10.6 Å². The third kappa shape index (κ3) is 2.89. The molecule has 0 aromatic rings. The molecule has 1 aliphatic heterocycles. The predicted molar refractivity (Wildman–Crippen MR) is 44.3 cm³/mol. The Balaban J connectivity index is 2.00. The molecule has 3 nitrogen and oxygen atoms in total. The molecule has 11 heavy (non-hydrogen) atoms. The van der Waals surface area contributed by atoms with Crippen molar-refractivity contribution in [3.63, 3.8) is 0 Å². The van der Waals surface area contributed by atoms with Gasteiger partial charge in [-0.25, -0.2) is 0 Å². The summed E-state index contributed by atoms with van der Waals surface area (Å²) in [7, 11) is 0. The lowest BCUT2D eigenvalue weighted by atomic mass is 10.1. The first-order valence-electron chi connectivity index (χ1n) is 4.33. The lowest BCUT2D eigenvalue weighted by molar-refractivity contribution is -0.122. The maximum absolute atomic E-state index is 11.1. The molecular weight excluding hydrogens is 140 g/mol. The summed E-state index contributed by atoms with van der Waals surface area (Å²) in [6.45, 7) is 3.98. The quantitative estimate of drug-likeness (QED) is 0.613. The largest absolute Gasteiger partial charge is 0.351 e. The normalized spacial score (nSPS) is 17.5. The fraction of sp³-hybridized carbons (Fsp3) is 0.875. The zero-order valence-electron chi connectivity index (χ0n) is 7.02. The van der Waals surface area contributed by atoms with Crippen LogP contribution in [0.2, 0.25) is 0 Å². The van der Waals surface area contributed by atoms with Crippen molar-refractivity contribution in [1.82, 2.24) is 10.6 Å². The van der Waals surface area contributed by atoms with Crippen LogP contribution in [0.15, 0.2) is 0 Å². The Morgan fingerprint density at radius 1 is 1.64 bits per heavy atom. The van der Waals surface area contributed by atoms with E-state index in [1.165, 1.54) is 0 Å². The second-order valence-electron chi connectivity index (χ2n) is 3.03. The first kappa shape index (κ1) is 8.53. The number of hydrogen-bond acceptors (Lipinski definition) is 2. The molecule has 0 atom stereocenters. The van der Waals surface area contributed by atoms with Crippen molar-refractivity contribution in [1.29, 1.82) is 0 Å². The van der Waals surface area contributed by atoms with E-state index >= 15 is 0 Å². The predicted octanol–water partition coefficient (Wildman–Crippen LogP) is 0.265. The van der Waals surface area contributed by atoms with Gasteiger partial charge in [-0.2, -0.15) is 0 Å². The van der Waals surface area contributed by atoms with Crippen LogP contribution in [0.3, 0.4) is 0 Å². The third-order valence-corrected chi connectivity index (χ3v) is 1.90. The topological polar surface area (TPSA) is 41.1 Å². The average molecular weight is 156 g/mol. The first-order valence-corrected chi connectivity index (χ1v) is 4.33. The van der Waals surface area contributed by atoms with E-state index in [0.717, 1.165) is 25.9 Å². The van der Waals surface area contributed by atoms with Crippen LogP contribution in [0.25, 0.3) is 0 Å². The molecule has 0 saturated carbocycles. The molecule has 1 aliphatic rings. The molecule has 1 saturated heterocycles. The van der Waals surface area contributed by atoms with Crippen LogP contribution in [0.1, 0.15) is 26.2 Å². The summed E-state index contributed by atoms with van der Waals surface area (Å²) in [5.74, 6) is 0.207. The van der Waals surface area contributed by atoms with Gasteiger partial charge in [0.05, 0.1) is 6.04 Å². The number of carbonyl (C=O) groups excluding carboxylic acids is 1. The number of nitrogens with one attached hydrogen (secondary N) is 2. The Morgan fingerprint density at radius 3 is 2.82 bits per heavy atom. The van der Waals surface area contributed by atoms with E-state index in [0.29, 0.717) is 12.5 Å². The summed E-state index contributed by atoms with van der Waals surface area (Å²) < 4.78 is 0. The maximum atomic E-state index is 11.1. The van der Waals surface area contributed by atoms with E-state index in [2.05, 4.69) is 17.6 Å². The summed E-state index contributed by atoms with van der Waals surface area (Å²) in [6.07, 6.45) is 2.79.